The monoisotopic (exact) mass is 238 g/mol. The molecule has 0 amide bonds. The summed E-state index contributed by atoms with van der Waals surface area (Å²) in [5, 5.41) is 0. The van der Waals surface area contributed by atoms with Crippen molar-refractivity contribution in [2.45, 2.75) is 0 Å². The van der Waals surface area contributed by atoms with Crippen LogP contribution < -0.4 is 14.2 Å². The van der Waals surface area contributed by atoms with Gasteiger partial charge in [0.25, 0.3) is 0 Å². The van der Waals surface area contributed by atoms with Crippen LogP contribution in [0.4, 0.5) is 0 Å². The smallest absolute Gasteiger partial charge is 0.342 e. The molecule has 1 aromatic carbocycles. The van der Waals surface area contributed by atoms with Gasteiger partial charge in [-0.15, -0.1) is 0 Å². The largest absolute Gasteiger partial charge is 0.493 e. The van der Waals surface area contributed by atoms with Gasteiger partial charge in [0.2, 0.25) is 12.5 Å². The van der Waals surface area contributed by atoms with Crippen molar-refractivity contribution in [2.24, 2.45) is 0 Å². The van der Waals surface area contributed by atoms with Crippen LogP contribution in [0.2, 0.25) is 0 Å². The van der Waals surface area contributed by atoms with E-state index in [2.05, 4.69) is 4.74 Å². The Balaban J connectivity index is 2.69. The predicted octanol–water partition coefficient (Wildman–Crippen LogP) is 1.02. The topological polar surface area (TPSA) is 71.1 Å². The minimum Gasteiger partial charge on any atom is -0.493 e. The molecule has 0 atom stereocenters. The van der Waals surface area contributed by atoms with Crippen molar-refractivity contribution in [1.29, 1.82) is 0 Å². The number of aldehydes is 1. The number of ether oxygens (including phenoxy) is 4. The average Bonchev–Trinajstić information content (AvgIpc) is 2.84. The first-order chi connectivity index (χ1) is 8.22. The van der Waals surface area contributed by atoms with Gasteiger partial charge >= 0.3 is 5.97 Å². The number of carbonyl (C=O) groups is 2. The van der Waals surface area contributed by atoms with Crippen LogP contribution >= 0.6 is 0 Å². The summed E-state index contributed by atoms with van der Waals surface area (Å²) >= 11 is 0. The van der Waals surface area contributed by atoms with E-state index in [1.165, 1.54) is 20.3 Å². The van der Waals surface area contributed by atoms with E-state index >= 15 is 0 Å². The highest BCUT2D eigenvalue weighted by molar-refractivity contribution is 6.02. The van der Waals surface area contributed by atoms with Gasteiger partial charge in [-0.2, -0.15) is 0 Å². The van der Waals surface area contributed by atoms with Crippen LogP contribution in [0.3, 0.4) is 0 Å². The third-order valence-corrected chi connectivity index (χ3v) is 2.38. The highest BCUT2D eigenvalue weighted by atomic mass is 16.7. The molecule has 17 heavy (non-hydrogen) atoms. The molecule has 0 fully saturated rings. The van der Waals surface area contributed by atoms with E-state index < -0.39 is 5.97 Å². The van der Waals surface area contributed by atoms with E-state index in [4.69, 9.17) is 14.2 Å². The highest BCUT2D eigenvalue weighted by Gasteiger charge is 2.30. The molecule has 0 saturated carbocycles. The lowest BCUT2D eigenvalue weighted by molar-refractivity contribution is 0.0593. The van der Waals surface area contributed by atoms with Gasteiger partial charge in [-0.3, -0.25) is 4.79 Å². The molecule has 6 nitrogen and oxygen atoms in total. The highest BCUT2D eigenvalue weighted by Crippen LogP contribution is 2.45. The third-order valence-electron chi connectivity index (χ3n) is 2.38. The van der Waals surface area contributed by atoms with Gasteiger partial charge in [0.1, 0.15) is 5.56 Å². The fraction of sp³-hybridized carbons (Fsp3) is 0.273. The number of esters is 1. The Bertz CT molecular complexity index is 479. The van der Waals surface area contributed by atoms with E-state index in [0.717, 1.165) is 0 Å². The molecule has 0 unspecified atom stereocenters. The van der Waals surface area contributed by atoms with Gasteiger partial charge < -0.3 is 18.9 Å². The second-order valence-electron chi connectivity index (χ2n) is 3.22. The SMILES string of the molecule is COC(=O)c1c(C=O)cc(OC)c2c1OCO2. The summed E-state index contributed by atoms with van der Waals surface area (Å²) in [5.41, 5.74) is 0.189. The molecule has 0 aliphatic carbocycles. The molecule has 0 N–H and O–H groups in total. The number of hydrogen-bond donors (Lipinski definition) is 0. The Morgan fingerprint density at radius 1 is 1.35 bits per heavy atom. The summed E-state index contributed by atoms with van der Waals surface area (Å²) in [6.07, 6.45) is 0.538. The van der Waals surface area contributed by atoms with Crippen molar-refractivity contribution in [3.05, 3.63) is 17.2 Å². The first kappa shape index (κ1) is 11.3. The van der Waals surface area contributed by atoms with Gasteiger partial charge in [-0.1, -0.05) is 0 Å². The summed E-state index contributed by atoms with van der Waals surface area (Å²) < 4.78 is 20.0. The van der Waals surface area contributed by atoms with Crippen LogP contribution in [-0.2, 0) is 4.74 Å². The first-order valence-corrected chi connectivity index (χ1v) is 4.77. The van der Waals surface area contributed by atoms with Gasteiger partial charge in [0.05, 0.1) is 14.2 Å². The van der Waals surface area contributed by atoms with Crippen LogP contribution in [0.15, 0.2) is 6.07 Å². The molecule has 6 heteroatoms. The second-order valence-corrected chi connectivity index (χ2v) is 3.22. The van der Waals surface area contributed by atoms with Crippen molar-refractivity contribution < 1.29 is 28.5 Å². The average molecular weight is 238 g/mol. The van der Waals surface area contributed by atoms with Crippen molar-refractivity contribution in [2.75, 3.05) is 21.0 Å². The molecule has 0 saturated heterocycles. The standard InChI is InChI=1S/C11H10O6/c1-14-7-3-6(4-12)8(11(13)15-2)10-9(7)16-5-17-10/h3-4H,5H2,1-2H3. The lowest BCUT2D eigenvalue weighted by Crippen LogP contribution is -2.07. The molecule has 90 valence electrons. The van der Waals surface area contributed by atoms with Crippen molar-refractivity contribution in [1.82, 2.24) is 0 Å². The van der Waals surface area contributed by atoms with Gasteiger partial charge in [-0.25, -0.2) is 4.79 Å². The van der Waals surface area contributed by atoms with Gasteiger partial charge in [-0.05, 0) is 6.07 Å². The Hall–Kier alpha value is -2.24. The Morgan fingerprint density at radius 2 is 2.06 bits per heavy atom. The fourth-order valence-corrected chi connectivity index (χ4v) is 1.61. The number of carbonyl (C=O) groups excluding carboxylic acids is 2. The molecule has 2 rings (SSSR count). The molecule has 1 aromatic rings. The molecule has 1 heterocycles. The zero-order chi connectivity index (χ0) is 12.4. The van der Waals surface area contributed by atoms with E-state index in [9.17, 15) is 9.59 Å². The molecule has 0 spiro atoms. The minimum atomic E-state index is -0.656. The van der Waals surface area contributed by atoms with Crippen molar-refractivity contribution in [3.63, 3.8) is 0 Å². The Labute approximate surface area is 97.0 Å². The summed E-state index contributed by atoms with van der Waals surface area (Å²) in [5.74, 6) is 0.167. The maximum atomic E-state index is 11.6. The number of hydrogen-bond acceptors (Lipinski definition) is 6. The summed E-state index contributed by atoms with van der Waals surface area (Å²) in [7, 11) is 2.66. The van der Waals surface area contributed by atoms with Crippen LogP contribution in [-0.4, -0.2) is 33.3 Å². The number of methoxy groups -OCH3 is 2. The van der Waals surface area contributed by atoms with E-state index in [-0.39, 0.29) is 23.7 Å². The first-order valence-electron chi connectivity index (χ1n) is 4.77. The normalized spacial score (nSPS) is 12.1. The lowest BCUT2D eigenvalue weighted by atomic mass is 10.1. The zero-order valence-electron chi connectivity index (χ0n) is 9.31. The maximum Gasteiger partial charge on any atom is 0.342 e. The third kappa shape index (κ3) is 1.67. The summed E-state index contributed by atoms with van der Waals surface area (Å²) in [4.78, 5) is 22.6. The van der Waals surface area contributed by atoms with E-state index in [1.807, 2.05) is 0 Å². The van der Waals surface area contributed by atoms with E-state index in [0.29, 0.717) is 17.8 Å². The number of fused-ring (bicyclic) bond motifs is 1. The molecular weight excluding hydrogens is 228 g/mol. The summed E-state index contributed by atoms with van der Waals surface area (Å²) in [6, 6.07) is 1.41. The van der Waals surface area contributed by atoms with Crippen molar-refractivity contribution in [3.8, 4) is 17.2 Å². The van der Waals surface area contributed by atoms with Gasteiger partial charge in [0.15, 0.2) is 17.8 Å². The molecule has 0 bridgehead atoms. The fourth-order valence-electron chi connectivity index (χ4n) is 1.61. The molecule has 1 aliphatic rings. The number of benzene rings is 1. The van der Waals surface area contributed by atoms with Crippen LogP contribution in [0.25, 0.3) is 0 Å². The van der Waals surface area contributed by atoms with E-state index in [1.54, 1.807) is 0 Å². The molecule has 0 radical (unpaired) electrons. The van der Waals surface area contributed by atoms with Crippen LogP contribution in [0, 0.1) is 0 Å². The Morgan fingerprint density at radius 3 is 2.65 bits per heavy atom. The predicted molar refractivity (Wildman–Crippen MR) is 55.8 cm³/mol. The minimum absolute atomic E-state index is 0.0298. The second kappa shape index (κ2) is 4.32. The summed E-state index contributed by atoms with van der Waals surface area (Å²) in [6.45, 7) is -0.0298. The maximum absolute atomic E-state index is 11.6. The number of rotatable bonds is 3. The van der Waals surface area contributed by atoms with Gasteiger partial charge in [0, 0.05) is 5.56 Å². The van der Waals surface area contributed by atoms with Crippen LogP contribution in [0.1, 0.15) is 20.7 Å². The van der Waals surface area contributed by atoms with Crippen LogP contribution in [0.5, 0.6) is 17.2 Å². The quantitative estimate of drug-likeness (QED) is 0.578. The molecule has 0 aromatic heterocycles. The lowest BCUT2D eigenvalue weighted by Gasteiger charge is -2.10. The van der Waals surface area contributed by atoms with Crippen molar-refractivity contribution >= 4 is 12.3 Å². The molecular formula is C11H10O6. The molecule has 1 aliphatic heterocycles. The Kier molecular flexibility index (Phi) is 2.86. The zero-order valence-corrected chi connectivity index (χ0v) is 9.31.